The predicted molar refractivity (Wildman–Crippen MR) is 104 cm³/mol. The first-order chi connectivity index (χ1) is 11.4. The Labute approximate surface area is 151 Å². The standard InChI is InChI=1S/C20H25BrN2O/c1-13-10-16-15(17(21)11-13)12-18(23(19(16)24)14-4-5-14)22-8-6-20(2,3)7-9-22/h10-12,14H,4-9H2,1-3H3. The molecule has 1 aromatic heterocycles. The molecule has 0 unspecified atom stereocenters. The highest BCUT2D eigenvalue weighted by atomic mass is 79.9. The fourth-order valence-corrected chi connectivity index (χ4v) is 4.47. The molecule has 1 saturated carbocycles. The Bertz CT molecular complexity index is 854. The van der Waals surface area contributed by atoms with Crippen molar-refractivity contribution in [2.75, 3.05) is 18.0 Å². The Morgan fingerprint density at radius 2 is 1.75 bits per heavy atom. The molecule has 2 aliphatic rings. The summed E-state index contributed by atoms with van der Waals surface area (Å²) in [5, 5.41) is 1.89. The maximum atomic E-state index is 13.2. The van der Waals surface area contributed by atoms with Crippen LogP contribution in [0.15, 0.2) is 27.5 Å². The van der Waals surface area contributed by atoms with Crippen molar-refractivity contribution in [3.05, 3.63) is 38.6 Å². The summed E-state index contributed by atoms with van der Waals surface area (Å²) >= 11 is 3.67. The number of piperidine rings is 1. The van der Waals surface area contributed by atoms with Gasteiger partial charge in [0.1, 0.15) is 5.82 Å². The lowest BCUT2D eigenvalue weighted by Gasteiger charge is -2.39. The summed E-state index contributed by atoms with van der Waals surface area (Å²) in [7, 11) is 0. The van der Waals surface area contributed by atoms with Crippen molar-refractivity contribution in [1.29, 1.82) is 0 Å². The van der Waals surface area contributed by atoms with E-state index in [4.69, 9.17) is 0 Å². The third-order valence-corrected chi connectivity index (χ3v) is 6.25. The number of nitrogens with zero attached hydrogens (tertiary/aromatic N) is 2. The van der Waals surface area contributed by atoms with E-state index in [1.165, 1.54) is 12.8 Å². The summed E-state index contributed by atoms with van der Waals surface area (Å²) < 4.78 is 3.10. The number of fused-ring (bicyclic) bond motifs is 1. The Kier molecular flexibility index (Phi) is 3.79. The Hall–Kier alpha value is -1.29. The number of anilines is 1. The van der Waals surface area contributed by atoms with Crippen LogP contribution < -0.4 is 10.5 Å². The summed E-state index contributed by atoms with van der Waals surface area (Å²) in [6, 6.07) is 6.76. The van der Waals surface area contributed by atoms with Crippen LogP contribution in [0.5, 0.6) is 0 Å². The highest BCUT2D eigenvalue weighted by Gasteiger charge is 2.32. The monoisotopic (exact) mass is 388 g/mol. The molecule has 1 aliphatic heterocycles. The van der Waals surface area contributed by atoms with Gasteiger partial charge in [0.15, 0.2) is 0 Å². The van der Waals surface area contributed by atoms with E-state index in [-0.39, 0.29) is 5.56 Å². The molecule has 0 N–H and O–H groups in total. The van der Waals surface area contributed by atoms with Gasteiger partial charge in [-0.15, -0.1) is 0 Å². The molecule has 0 radical (unpaired) electrons. The van der Waals surface area contributed by atoms with Gasteiger partial charge in [0, 0.05) is 34.4 Å². The summed E-state index contributed by atoms with van der Waals surface area (Å²) in [6.45, 7) is 8.81. The molecule has 2 heterocycles. The van der Waals surface area contributed by atoms with Crippen LogP contribution in [0.3, 0.4) is 0 Å². The minimum absolute atomic E-state index is 0.180. The number of hydrogen-bond acceptors (Lipinski definition) is 2. The zero-order valence-corrected chi connectivity index (χ0v) is 16.3. The van der Waals surface area contributed by atoms with E-state index in [1.54, 1.807) is 0 Å². The molecule has 1 saturated heterocycles. The molecule has 1 aromatic carbocycles. The first kappa shape index (κ1) is 16.2. The Balaban J connectivity index is 1.88. The second-order valence-corrected chi connectivity index (χ2v) is 9.12. The van der Waals surface area contributed by atoms with E-state index in [0.717, 1.165) is 52.6 Å². The van der Waals surface area contributed by atoms with Crippen molar-refractivity contribution >= 4 is 32.5 Å². The fourth-order valence-electron chi connectivity index (χ4n) is 3.78. The molecule has 0 bridgehead atoms. The first-order valence-electron chi connectivity index (χ1n) is 8.96. The van der Waals surface area contributed by atoms with Gasteiger partial charge in [0.25, 0.3) is 5.56 Å². The highest BCUT2D eigenvalue weighted by molar-refractivity contribution is 9.10. The third kappa shape index (κ3) is 2.79. The molecule has 4 rings (SSSR count). The zero-order chi connectivity index (χ0) is 17.1. The lowest BCUT2D eigenvalue weighted by atomic mass is 9.82. The average molecular weight is 389 g/mol. The summed E-state index contributed by atoms with van der Waals surface area (Å²) in [4.78, 5) is 15.6. The molecule has 3 nitrogen and oxygen atoms in total. The summed E-state index contributed by atoms with van der Waals surface area (Å²) in [5.41, 5.74) is 1.72. The highest BCUT2D eigenvalue weighted by Crippen LogP contribution is 2.40. The van der Waals surface area contributed by atoms with E-state index in [2.05, 4.69) is 51.4 Å². The minimum Gasteiger partial charge on any atom is -0.358 e. The SMILES string of the molecule is Cc1cc(Br)c2cc(N3CCC(C)(C)CC3)n(C3CC3)c(=O)c2c1. The average Bonchev–Trinajstić information content (AvgIpc) is 3.32. The largest absolute Gasteiger partial charge is 0.358 e. The van der Waals surface area contributed by atoms with E-state index in [1.807, 2.05) is 13.0 Å². The van der Waals surface area contributed by atoms with Crippen molar-refractivity contribution in [3.8, 4) is 0 Å². The quantitative estimate of drug-likeness (QED) is 0.720. The second-order valence-electron chi connectivity index (χ2n) is 8.27. The molecule has 2 aromatic rings. The molecule has 128 valence electrons. The smallest absolute Gasteiger partial charge is 0.260 e. The number of halogens is 1. The lowest BCUT2D eigenvalue weighted by Crippen LogP contribution is -2.40. The van der Waals surface area contributed by atoms with Crippen LogP contribution in [0.4, 0.5) is 5.82 Å². The van der Waals surface area contributed by atoms with Crippen LogP contribution in [0, 0.1) is 12.3 Å². The minimum atomic E-state index is 0.180. The third-order valence-electron chi connectivity index (χ3n) is 5.60. The molecule has 0 atom stereocenters. The molecule has 4 heteroatoms. The topological polar surface area (TPSA) is 25.2 Å². The normalized spacial score (nSPS) is 20.6. The van der Waals surface area contributed by atoms with Gasteiger partial charge in [0.2, 0.25) is 0 Å². The van der Waals surface area contributed by atoms with Gasteiger partial charge in [-0.1, -0.05) is 29.8 Å². The van der Waals surface area contributed by atoms with Gasteiger partial charge in [-0.25, -0.2) is 0 Å². The van der Waals surface area contributed by atoms with E-state index >= 15 is 0 Å². The van der Waals surface area contributed by atoms with Crippen molar-refractivity contribution in [3.63, 3.8) is 0 Å². The van der Waals surface area contributed by atoms with Crippen LogP contribution in [0.25, 0.3) is 10.8 Å². The summed E-state index contributed by atoms with van der Waals surface area (Å²) in [5.74, 6) is 1.12. The fraction of sp³-hybridized carbons (Fsp3) is 0.550. The number of hydrogen-bond donors (Lipinski definition) is 0. The van der Waals surface area contributed by atoms with Crippen LogP contribution >= 0.6 is 15.9 Å². The number of aryl methyl sites for hydroxylation is 1. The molecule has 0 amide bonds. The summed E-state index contributed by atoms with van der Waals surface area (Å²) in [6.07, 6.45) is 4.62. The maximum absolute atomic E-state index is 13.2. The van der Waals surface area contributed by atoms with E-state index < -0.39 is 0 Å². The van der Waals surface area contributed by atoms with Crippen LogP contribution in [-0.4, -0.2) is 17.7 Å². The number of rotatable bonds is 2. The Morgan fingerprint density at radius 3 is 2.38 bits per heavy atom. The molecular formula is C20H25BrN2O. The molecule has 24 heavy (non-hydrogen) atoms. The van der Waals surface area contributed by atoms with Gasteiger partial charge in [0.05, 0.1) is 0 Å². The van der Waals surface area contributed by atoms with Gasteiger partial charge < -0.3 is 4.90 Å². The number of pyridine rings is 1. The van der Waals surface area contributed by atoms with Crippen LogP contribution in [-0.2, 0) is 0 Å². The first-order valence-corrected chi connectivity index (χ1v) is 9.75. The Morgan fingerprint density at radius 1 is 1.08 bits per heavy atom. The number of benzene rings is 1. The number of aromatic nitrogens is 1. The van der Waals surface area contributed by atoms with E-state index in [9.17, 15) is 4.79 Å². The molecular weight excluding hydrogens is 364 g/mol. The van der Waals surface area contributed by atoms with Crippen molar-refractivity contribution in [1.82, 2.24) is 4.57 Å². The zero-order valence-electron chi connectivity index (χ0n) is 14.7. The van der Waals surface area contributed by atoms with Gasteiger partial charge >= 0.3 is 0 Å². The molecule has 0 spiro atoms. The van der Waals surface area contributed by atoms with Gasteiger partial charge in [-0.3, -0.25) is 9.36 Å². The van der Waals surface area contributed by atoms with Crippen molar-refractivity contribution in [2.45, 2.75) is 52.5 Å². The van der Waals surface area contributed by atoms with Crippen LogP contribution in [0.2, 0.25) is 0 Å². The van der Waals surface area contributed by atoms with E-state index in [0.29, 0.717) is 11.5 Å². The molecule has 1 aliphatic carbocycles. The molecule has 2 fully saturated rings. The lowest BCUT2D eigenvalue weighted by molar-refractivity contribution is 0.278. The predicted octanol–water partition coefficient (Wildman–Crippen LogP) is 5.03. The van der Waals surface area contributed by atoms with Gasteiger partial charge in [-0.2, -0.15) is 0 Å². The van der Waals surface area contributed by atoms with Crippen molar-refractivity contribution in [2.24, 2.45) is 5.41 Å². The second kappa shape index (κ2) is 5.62. The van der Waals surface area contributed by atoms with Gasteiger partial charge in [-0.05, 0) is 61.8 Å². The maximum Gasteiger partial charge on any atom is 0.260 e. The van der Waals surface area contributed by atoms with Crippen LogP contribution in [0.1, 0.15) is 51.1 Å². The van der Waals surface area contributed by atoms with Crippen molar-refractivity contribution < 1.29 is 0 Å².